The standard InChI is InChI=1S/C12H20N4/c1-9-10(13-4)14-8-15-11(9)16-7-5-6-12(16,2)3/h8H,5-7H2,1-4H3,(H,13,14,15). The lowest BCUT2D eigenvalue weighted by Gasteiger charge is -2.33. The summed E-state index contributed by atoms with van der Waals surface area (Å²) in [5.41, 5.74) is 1.35. The van der Waals surface area contributed by atoms with Crippen LogP contribution in [-0.4, -0.2) is 29.1 Å². The van der Waals surface area contributed by atoms with Crippen LogP contribution in [0.5, 0.6) is 0 Å². The third-order valence-electron chi connectivity index (χ3n) is 3.45. The fourth-order valence-corrected chi connectivity index (χ4v) is 2.47. The lowest BCUT2D eigenvalue weighted by atomic mass is 10.0. The maximum atomic E-state index is 4.44. The van der Waals surface area contributed by atoms with E-state index in [1.807, 2.05) is 7.05 Å². The van der Waals surface area contributed by atoms with Crippen LogP contribution in [0.25, 0.3) is 0 Å². The molecular weight excluding hydrogens is 200 g/mol. The van der Waals surface area contributed by atoms with Crippen molar-refractivity contribution in [3.05, 3.63) is 11.9 Å². The van der Waals surface area contributed by atoms with Gasteiger partial charge in [0.25, 0.3) is 0 Å². The van der Waals surface area contributed by atoms with Crippen molar-refractivity contribution in [2.24, 2.45) is 0 Å². The second-order valence-corrected chi connectivity index (χ2v) is 4.99. The first-order chi connectivity index (χ1) is 7.56. The van der Waals surface area contributed by atoms with Gasteiger partial charge in [-0.15, -0.1) is 0 Å². The molecule has 0 aliphatic carbocycles. The molecule has 1 aliphatic rings. The average Bonchev–Trinajstić information content (AvgIpc) is 2.59. The van der Waals surface area contributed by atoms with Gasteiger partial charge in [0.2, 0.25) is 0 Å². The van der Waals surface area contributed by atoms with Gasteiger partial charge in [-0.25, -0.2) is 9.97 Å². The minimum Gasteiger partial charge on any atom is -0.373 e. The molecule has 1 aliphatic heterocycles. The van der Waals surface area contributed by atoms with Crippen molar-refractivity contribution in [1.82, 2.24) is 9.97 Å². The lowest BCUT2D eigenvalue weighted by molar-refractivity contribution is 0.513. The molecule has 0 amide bonds. The third kappa shape index (κ3) is 1.72. The van der Waals surface area contributed by atoms with Crippen molar-refractivity contribution in [3.63, 3.8) is 0 Å². The van der Waals surface area contributed by atoms with Crippen molar-refractivity contribution in [2.45, 2.75) is 39.2 Å². The molecule has 0 saturated carbocycles. The van der Waals surface area contributed by atoms with Crippen LogP contribution in [0.3, 0.4) is 0 Å². The summed E-state index contributed by atoms with van der Waals surface area (Å²) in [7, 11) is 1.90. The van der Waals surface area contributed by atoms with Gasteiger partial charge in [-0.05, 0) is 33.6 Å². The number of rotatable bonds is 2. The van der Waals surface area contributed by atoms with E-state index in [1.165, 1.54) is 12.8 Å². The number of hydrogen-bond donors (Lipinski definition) is 1. The Bertz CT molecular complexity index is 387. The van der Waals surface area contributed by atoms with E-state index in [9.17, 15) is 0 Å². The Balaban J connectivity index is 2.41. The Morgan fingerprint density at radius 1 is 1.38 bits per heavy atom. The zero-order valence-corrected chi connectivity index (χ0v) is 10.5. The molecule has 4 nitrogen and oxygen atoms in total. The molecule has 0 unspecified atom stereocenters. The van der Waals surface area contributed by atoms with E-state index < -0.39 is 0 Å². The zero-order chi connectivity index (χ0) is 11.8. The monoisotopic (exact) mass is 220 g/mol. The fourth-order valence-electron chi connectivity index (χ4n) is 2.47. The first kappa shape index (κ1) is 11.2. The largest absolute Gasteiger partial charge is 0.373 e. The van der Waals surface area contributed by atoms with Crippen LogP contribution in [0.2, 0.25) is 0 Å². The molecule has 1 aromatic rings. The highest BCUT2D eigenvalue weighted by Crippen LogP contribution is 2.35. The van der Waals surface area contributed by atoms with E-state index in [0.29, 0.717) is 0 Å². The summed E-state index contributed by atoms with van der Waals surface area (Å²) in [6.07, 6.45) is 4.11. The molecule has 4 heteroatoms. The first-order valence-corrected chi connectivity index (χ1v) is 5.83. The van der Waals surface area contributed by atoms with Gasteiger partial charge in [-0.3, -0.25) is 0 Å². The van der Waals surface area contributed by atoms with Crippen LogP contribution in [0.1, 0.15) is 32.3 Å². The summed E-state index contributed by atoms with van der Waals surface area (Å²) in [5, 5.41) is 3.11. The molecule has 0 bridgehead atoms. The number of aromatic nitrogens is 2. The van der Waals surface area contributed by atoms with E-state index in [-0.39, 0.29) is 5.54 Å². The molecular formula is C12H20N4. The van der Waals surface area contributed by atoms with Crippen molar-refractivity contribution in [1.29, 1.82) is 0 Å². The highest BCUT2D eigenvalue weighted by molar-refractivity contribution is 5.59. The molecule has 0 atom stereocenters. The van der Waals surface area contributed by atoms with Crippen molar-refractivity contribution in [3.8, 4) is 0 Å². The van der Waals surface area contributed by atoms with Crippen LogP contribution in [-0.2, 0) is 0 Å². The molecule has 1 saturated heterocycles. The SMILES string of the molecule is CNc1ncnc(N2CCCC2(C)C)c1C. The normalized spacial score (nSPS) is 18.9. The molecule has 0 radical (unpaired) electrons. The third-order valence-corrected chi connectivity index (χ3v) is 3.45. The summed E-state index contributed by atoms with van der Waals surface area (Å²) in [5.74, 6) is 1.99. The van der Waals surface area contributed by atoms with E-state index in [4.69, 9.17) is 0 Å². The molecule has 2 rings (SSSR count). The summed E-state index contributed by atoms with van der Waals surface area (Å²) in [6, 6.07) is 0. The Morgan fingerprint density at radius 3 is 2.69 bits per heavy atom. The van der Waals surface area contributed by atoms with Gasteiger partial charge in [-0.1, -0.05) is 0 Å². The average molecular weight is 220 g/mol. The maximum Gasteiger partial charge on any atom is 0.137 e. The predicted octanol–water partition coefficient (Wildman–Crippen LogP) is 2.21. The van der Waals surface area contributed by atoms with Gasteiger partial charge >= 0.3 is 0 Å². The Morgan fingerprint density at radius 2 is 2.12 bits per heavy atom. The minimum atomic E-state index is 0.212. The van der Waals surface area contributed by atoms with Crippen molar-refractivity contribution in [2.75, 3.05) is 23.8 Å². The first-order valence-electron chi connectivity index (χ1n) is 5.83. The van der Waals surface area contributed by atoms with Gasteiger partial charge in [0, 0.05) is 24.7 Å². The maximum absolute atomic E-state index is 4.44. The van der Waals surface area contributed by atoms with Crippen molar-refractivity contribution >= 4 is 11.6 Å². The Hall–Kier alpha value is -1.32. The highest BCUT2D eigenvalue weighted by atomic mass is 15.3. The summed E-state index contributed by atoms with van der Waals surface area (Å²) in [6.45, 7) is 7.73. The van der Waals surface area contributed by atoms with Gasteiger partial charge in [0.1, 0.15) is 18.0 Å². The van der Waals surface area contributed by atoms with Gasteiger partial charge < -0.3 is 10.2 Å². The van der Waals surface area contributed by atoms with Crippen LogP contribution in [0.4, 0.5) is 11.6 Å². The smallest absolute Gasteiger partial charge is 0.137 e. The quantitative estimate of drug-likeness (QED) is 0.829. The van der Waals surface area contributed by atoms with E-state index in [1.54, 1.807) is 6.33 Å². The summed E-state index contributed by atoms with van der Waals surface area (Å²) < 4.78 is 0. The van der Waals surface area contributed by atoms with Gasteiger partial charge in [-0.2, -0.15) is 0 Å². The van der Waals surface area contributed by atoms with Crippen molar-refractivity contribution < 1.29 is 0 Å². The number of anilines is 2. The number of hydrogen-bond acceptors (Lipinski definition) is 4. The van der Waals surface area contributed by atoms with E-state index in [0.717, 1.165) is 23.7 Å². The topological polar surface area (TPSA) is 41.1 Å². The predicted molar refractivity (Wildman–Crippen MR) is 67.0 cm³/mol. The number of nitrogens with one attached hydrogen (secondary N) is 1. The van der Waals surface area contributed by atoms with Crippen LogP contribution >= 0.6 is 0 Å². The van der Waals surface area contributed by atoms with E-state index >= 15 is 0 Å². The minimum absolute atomic E-state index is 0.212. The lowest BCUT2D eigenvalue weighted by Crippen LogP contribution is -2.39. The Kier molecular flexibility index (Phi) is 2.74. The Labute approximate surface area is 97.1 Å². The molecule has 88 valence electrons. The van der Waals surface area contributed by atoms with Gasteiger partial charge in [0.15, 0.2) is 0 Å². The summed E-state index contributed by atoms with van der Waals surface area (Å²) >= 11 is 0. The second kappa shape index (κ2) is 3.92. The number of nitrogens with zero attached hydrogens (tertiary/aromatic N) is 3. The molecule has 16 heavy (non-hydrogen) atoms. The summed E-state index contributed by atoms with van der Waals surface area (Å²) in [4.78, 5) is 11.1. The molecule has 1 aromatic heterocycles. The van der Waals surface area contributed by atoms with E-state index in [2.05, 4.69) is 41.0 Å². The second-order valence-electron chi connectivity index (χ2n) is 4.99. The molecule has 0 aromatic carbocycles. The zero-order valence-electron chi connectivity index (χ0n) is 10.5. The van der Waals surface area contributed by atoms with Crippen LogP contribution < -0.4 is 10.2 Å². The van der Waals surface area contributed by atoms with Crippen LogP contribution in [0, 0.1) is 6.92 Å². The van der Waals surface area contributed by atoms with Crippen LogP contribution in [0.15, 0.2) is 6.33 Å². The molecule has 1 N–H and O–H groups in total. The molecule has 2 heterocycles. The van der Waals surface area contributed by atoms with Gasteiger partial charge in [0.05, 0.1) is 0 Å². The highest BCUT2D eigenvalue weighted by Gasteiger charge is 2.33. The fraction of sp³-hybridized carbons (Fsp3) is 0.667. The molecule has 1 fully saturated rings. The molecule has 0 spiro atoms.